The van der Waals surface area contributed by atoms with Crippen LogP contribution in [0.5, 0.6) is 0 Å². The van der Waals surface area contributed by atoms with E-state index >= 15 is 0 Å². The Morgan fingerprint density at radius 3 is 2.40 bits per heavy atom. The molecule has 3 aliphatic rings. The third-order valence-corrected chi connectivity index (χ3v) is 5.02. The van der Waals surface area contributed by atoms with Crippen molar-refractivity contribution >= 4 is 5.97 Å². The molecule has 20 heavy (non-hydrogen) atoms. The summed E-state index contributed by atoms with van der Waals surface area (Å²) in [5.41, 5.74) is -0.575. The lowest BCUT2D eigenvalue weighted by Gasteiger charge is -2.32. The van der Waals surface area contributed by atoms with Crippen LogP contribution in [0.25, 0.3) is 0 Å². The second kappa shape index (κ2) is 6.02. The zero-order valence-corrected chi connectivity index (χ0v) is 12.5. The summed E-state index contributed by atoms with van der Waals surface area (Å²) in [4.78, 5) is 12.3. The van der Waals surface area contributed by atoms with E-state index in [-0.39, 0.29) is 5.97 Å². The lowest BCUT2D eigenvalue weighted by Crippen LogP contribution is -2.59. The number of hydrogen-bond acceptors (Lipinski definition) is 4. The quantitative estimate of drug-likeness (QED) is 0.693. The van der Waals surface area contributed by atoms with Gasteiger partial charge in [-0.15, -0.1) is 0 Å². The monoisotopic (exact) mass is 281 g/mol. The zero-order chi connectivity index (χ0) is 14.0. The van der Waals surface area contributed by atoms with Crippen LogP contribution < -0.4 is 5.32 Å². The van der Waals surface area contributed by atoms with Crippen molar-refractivity contribution in [2.75, 3.05) is 20.3 Å². The molecule has 3 fully saturated rings. The fourth-order valence-electron chi connectivity index (χ4n) is 3.48. The lowest BCUT2D eigenvalue weighted by molar-refractivity contribution is -0.153. The first-order chi connectivity index (χ1) is 9.74. The van der Waals surface area contributed by atoms with Gasteiger partial charge in [-0.25, -0.2) is 4.79 Å². The van der Waals surface area contributed by atoms with Crippen molar-refractivity contribution in [3.8, 4) is 0 Å². The van der Waals surface area contributed by atoms with Crippen molar-refractivity contribution in [1.29, 1.82) is 0 Å². The molecular weight excluding hydrogens is 254 g/mol. The number of ether oxygens (including phenoxy) is 2. The minimum Gasteiger partial charge on any atom is -0.468 e. The number of methoxy groups -OCH3 is 1. The topological polar surface area (TPSA) is 47.6 Å². The van der Waals surface area contributed by atoms with E-state index in [9.17, 15) is 4.79 Å². The van der Waals surface area contributed by atoms with Gasteiger partial charge >= 0.3 is 5.97 Å². The molecule has 0 amide bonds. The van der Waals surface area contributed by atoms with E-state index in [2.05, 4.69) is 5.32 Å². The van der Waals surface area contributed by atoms with E-state index in [1.165, 1.54) is 45.6 Å². The molecule has 0 aliphatic heterocycles. The summed E-state index contributed by atoms with van der Waals surface area (Å²) in [5.74, 6) is 0.975. The highest BCUT2D eigenvalue weighted by Crippen LogP contribution is 2.42. The molecule has 3 rings (SSSR count). The maximum Gasteiger partial charge on any atom is 0.328 e. The summed E-state index contributed by atoms with van der Waals surface area (Å²) < 4.78 is 11.1. The smallest absolute Gasteiger partial charge is 0.328 e. The SMILES string of the molecule is COC(=O)C(COCC1CCCC1)(NC1CC1)C1CC1. The minimum atomic E-state index is -0.575. The van der Waals surface area contributed by atoms with Gasteiger partial charge < -0.3 is 9.47 Å². The highest BCUT2D eigenvalue weighted by molar-refractivity contribution is 5.82. The minimum absolute atomic E-state index is 0.127. The highest BCUT2D eigenvalue weighted by Gasteiger charge is 2.54. The van der Waals surface area contributed by atoms with Crippen LogP contribution >= 0.6 is 0 Å². The molecular formula is C16H27NO3. The van der Waals surface area contributed by atoms with Crippen molar-refractivity contribution in [3.05, 3.63) is 0 Å². The van der Waals surface area contributed by atoms with E-state index in [1.807, 2.05) is 0 Å². The Morgan fingerprint density at radius 2 is 1.85 bits per heavy atom. The maximum absolute atomic E-state index is 12.3. The number of esters is 1. The Kier molecular flexibility index (Phi) is 4.32. The van der Waals surface area contributed by atoms with Gasteiger partial charge in [0.05, 0.1) is 13.7 Å². The van der Waals surface area contributed by atoms with Crippen LogP contribution in [0.2, 0.25) is 0 Å². The number of carbonyl (C=O) groups is 1. The van der Waals surface area contributed by atoms with Crippen molar-refractivity contribution in [3.63, 3.8) is 0 Å². The van der Waals surface area contributed by atoms with Gasteiger partial charge in [-0.1, -0.05) is 12.8 Å². The fraction of sp³-hybridized carbons (Fsp3) is 0.938. The number of carbonyl (C=O) groups excluding carboxylic acids is 1. The van der Waals surface area contributed by atoms with Crippen LogP contribution in [0.1, 0.15) is 51.4 Å². The van der Waals surface area contributed by atoms with Crippen molar-refractivity contribution in [1.82, 2.24) is 5.32 Å². The van der Waals surface area contributed by atoms with E-state index in [1.54, 1.807) is 0 Å². The summed E-state index contributed by atoms with van der Waals surface area (Å²) in [6.45, 7) is 1.29. The number of nitrogens with one attached hydrogen (secondary N) is 1. The van der Waals surface area contributed by atoms with E-state index in [0.29, 0.717) is 24.5 Å². The molecule has 0 spiro atoms. The summed E-state index contributed by atoms with van der Waals surface area (Å²) in [7, 11) is 1.49. The van der Waals surface area contributed by atoms with Crippen LogP contribution in [0.3, 0.4) is 0 Å². The number of hydrogen-bond donors (Lipinski definition) is 1. The number of rotatable bonds is 8. The molecule has 0 aromatic heterocycles. The van der Waals surface area contributed by atoms with Gasteiger partial charge in [0.1, 0.15) is 5.54 Å². The van der Waals surface area contributed by atoms with Crippen LogP contribution in [0, 0.1) is 11.8 Å². The van der Waals surface area contributed by atoms with E-state index in [4.69, 9.17) is 9.47 Å². The van der Waals surface area contributed by atoms with Gasteiger partial charge in [0.2, 0.25) is 0 Å². The van der Waals surface area contributed by atoms with Gasteiger partial charge in [-0.05, 0) is 50.4 Å². The zero-order valence-electron chi connectivity index (χ0n) is 12.5. The molecule has 0 saturated heterocycles. The summed E-state index contributed by atoms with van der Waals surface area (Å²) >= 11 is 0. The van der Waals surface area contributed by atoms with Crippen LogP contribution in [-0.2, 0) is 14.3 Å². The van der Waals surface area contributed by atoms with Crippen LogP contribution in [-0.4, -0.2) is 37.9 Å². The average molecular weight is 281 g/mol. The van der Waals surface area contributed by atoms with Gasteiger partial charge in [-0.3, -0.25) is 5.32 Å². The van der Waals surface area contributed by atoms with Gasteiger partial charge in [0.15, 0.2) is 0 Å². The molecule has 1 N–H and O–H groups in total. The Hall–Kier alpha value is -0.610. The summed E-state index contributed by atoms with van der Waals surface area (Å²) in [6.07, 6.45) is 9.80. The molecule has 0 bridgehead atoms. The van der Waals surface area contributed by atoms with Crippen molar-refractivity contribution in [2.45, 2.75) is 62.9 Å². The van der Waals surface area contributed by atoms with Crippen LogP contribution in [0.15, 0.2) is 0 Å². The van der Waals surface area contributed by atoms with E-state index in [0.717, 1.165) is 19.4 Å². The third-order valence-electron chi connectivity index (χ3n) is 5.02. The highest BCUT2D eigenvalue weighted by atomic mass is 16.5. The van der Waals surface area contributed by atoms with Crippen molar-refractivity contribution in [2.24, 2.45) is 11.8 Å². The molecule has 1 unspecified atom stereocenters. The summed E-state index contributed by atoms with van der Waals surface area (Å²) in [6, 6.07) is 0.491. The Bertz CT molecular complexity index is 346. The molecule has 4 nitrogen and oxygen atoms in total. The van der Waals surface area contributed by atoms with Gasteiger partial charge in [0, 0.05) is 12.6 Å². The Morgan fingerprint density at radius 1 is 1.15 bits per heavy atom. The van der Waals surface area contributed by atoms with Gasteiger partial charge in [-0.2, -0.15) is 0 Å². The molecule has 3 aliphatic carbocycles. The predicted octanol–water partition coefficient (Wildman–Crippen LogP) is 2.27. The standard InChI is InChI=1S/C16H27NO3/c1-19-15(18)16(13-6-7-13,17-14-8-9-14)11-20-10-12-4-2-3-5-12/h12-14,17H,2-11H2,1H3. The van der Waals surface area contributed by atoms with Crippen LogP contribution in [0.4, 0.5) is 0 Å². The molecule has 114 valence electrons. The normalized spacial score (nSPS) is 26.4. The molecule has 3 saturated carbocycles. The molecule has 4 heteroatoms. The summed E-state index contributed by atoms with van der Waals surface area (Å²) in [5, 5.41) is 3.54. The lowest BCUT2D eigenvalue weighted by atomic mass is 9.93. The van der Waals surface area contributed by atoms with Crippen molar-refractivity contribution < 1.29 is 14.3 Å². The maximum atomic E-state index is 12.3. The molecule has 0 aromatic carbocycles. The fourth-order valence-corrected chi connectivity index (χ4v) is 3.48. The third kappa shape index (κ3) is 3.17. The Balaban J connectivity index is 1.59. The first-order valence-corrected chi connectivity index (χ1v) is 8.18. The Labute approximate surface area is 121 Å². The largest absolute Gasteiger partial charge is 0.468 e. The first-order valence-electron chi connectivity index (χ1n) is 8.18. The van der Waals surface area contributed by atoms with Gasteiger partial charge in [0.25, 0.3) is 0 Å². The first kappa shape index (κ1) is 14.3. The molecule has 0 radical (unpaired) electrons. The second-order valence-corrected chi connectivity index (χ2v) is 6.82. The average Bonchev–Trinajstić information content (AvgIpc) is 3.37. The molecule has 0 aromatic rings. The molecule has 0 heterocycles. The van der Waals surface area contributed by atoms with E-state index < -0.39 is 5.54 Å². The second-order valence-electron chi connectivity index (χ2n) is 6.82. The molecule has 1 atom stereocenters. The predicted molar refractivity (Wildman–Crippen MR) is 76.4 cm³/mol.